The van der Waals surface area contributed by atoms with Crippen molar-refractivity contribution in [3.05, 3.63) is 34.3 Å². The predicted octanol–water partition coefficient (Wildman–Crippen LogP) is 2.11. The molecule has 0 aliphatic heterocycles. The van der Waals surface area contributed by atoms with Gasteiger partial charge in [0.15, 0.2) is 5.84 Å². The van der Waals surface area contributed by atoms with Gasteiger partial charge in [-0.2, -0.15) is 0 Å². The molecule has 0 saturated carbocycles. The molecule has 0 heterocycles. The highest BCUT2D eigenvalue weighted by molar-refractivity contribution is 9.10. The minimum Gasteiger partial charge on any atom is -0.394 e. The molecular formula is C9H11BrN2O. The summed E-state index contributed by atoms with van der Waals surface area (Å²) in [4.78, 5) is 4.84. The summed E-state index contributed by atoms with van der Waals surface area (Å²) in [5, 5.41) is 3.73. The van der Waals surface area contributed by atoms with Crippen LogP contribution in [0.5, 0.6) is 0 Å². The first-order valence-electron chi connectivity index (χ1n) is 3.95. The molecule has 1 aromatic carbocycles. The fourth-order valence-electron chi connectivity index (χ4n) is 0.835. The van der Waals surface area contributed by atoms with Crippen LogP contribution in [0, 0.1) is 0 Å². The van der Waals surface area contributed by atoms with Gasteiger partial charge in [-0.15, -0.1) is 0 Å². The first kappa shape index (κ1) is 10.1. The number of nitrogens with zero attached hydrogens (tertiary/aromatic N) is 1. The smallest absolute Gasteiger partial charge is 0.170 e. The summed E-state index contributed by atoms with van der Waals surface area (Å²) in [5.74, 6) is 0.392. The van der Waals surface area contributed by atoms with Gasteiger partial charge >= 0.3 is 0 Å². The lowest BCUT2D eigenvalue weighted by Gasteiger charge is -2.00. The van der Waals surface area contributed by atoms with Gasteiger partial charge in [0.1, 0.15) is 6.61 Å². The number of oxime groups is 1. The van der Waals surface area contributed by atoms with E-state index in [1.807, 2.05) is 31.2 Å². The van der Waals surface area contributed by atoms with E-state index in [1.165, 1.54) is 0 Å². The standard InChI is InChI=1S/C9H11BrN2O/c1-2-13-12-9(11)7-4-3-5-8(10)6-7/h3-6H,2H2,1H3,(H2,11,12). The second-order valence-corrected chi connectivity index (χ2v) is 3.32. The maximum absolute atomic E-state index is 5.65. The van der Waals surface area contributed by atoms with Crippen LogP contribution in [0.25, 0.3) is 0 Å². The van der Waals surface area contributed by atoms with E-state index in [0.717, 1.165) is 10.0 Å². The molecule has 0 atom stereocenters. The Bertz CT molecular complexity index is 312. The second-order valence-electron chi connectivity index (χ2n) is 2.40. The number of nitrogens with two attached hydrogens (primary N) is 1. The van der Waals surface area contributed by atoms with Crippen molar-refractivity contribution in [3.8, 4) is 0 Å². The molecule has 3 nitrogen and oxygen atoms in total. The molecule has 0 amide bonds. The van der Waals surface area contributed by atoms with E-state index in [1.54, 1.807) is 0 Å². The second kappa shape index (κ2) is 4.87. The summed E-state index contributed by atoms with van der Waals surface area (Å²) < 4.78 is 0.972. The van der Waals surface area contributed by atoms with E-state index in [4.69, 9.17) is 10.6 Å². The molecule has 0 spiro atoms. The van der Waals surface area contributed by atoms with E-state index < -0.39 is 0 Å². The molecule has 0 aliphatic carbocycles. The largest absolute Gasteiger partial charge is 0.394 e. The Morgan fingerprint density at radius 2 is 2.38 bits per heavy atom. The fraction of sp³-hybridized carbons (Fsp3) is 0.222. The monoisotopic (exact) mass is 242 g/mol. The molecule has 0 fully saturated rings. The Kier molecular flexibility index (Phi) is 3.76. The van der Waals surface area contributed by atoms with Gasteiger partial charge in [0.2, 0.25) is 0 Å². The number of hydrogen-bond acceptors (Lipinski definition) is 2. The average Bonchev–Trinajstić information content (AvgIpc) is 2.14. The first-order chi connectivity index (χ1) is 6.24. The van der Waals surface area contributed by atoms with Crippen molar-refractivity contribution in [1.29, 1.82) is 0 Å². The van der Waals surface area contributed by atoms with Crippen LogP contribution in [0.1, 0.15) is 12.5 Å². The van der Waals surface area contributed by atoms with E-state index in [-0.39, 0.29) is 0 Å². The Morgan fingerprint density at radius 1 is 1.62 bits per heavy atom. The zero-order valence-corrected chi connectivity index (χ0v) is 8.91. The minimum absolute atomic E-state index is 0.392. The van der Waals surface area contributed by atoms with E-state index in [2.05, 4.69) is 21.1 Å². The van der Waals surface area contributed by atoms with Crippen molar-refractivity contribution in [2.75, 3.05) is 6.61 Å². The van der Waals surface area contributed by atoms with Gasteiger partial charge in [-0.05, 0) is 19.1 Å². The molecule has 2 N–H and O–H groups in total. The Morgan fingerprint density at radius 3 is 3.00 bits per heavy atom. The summed E-state index contributed by atoms with van der Waals surface area (Å²) in [5.41, 5.74) is 6.50. The van der Waals surface area contributed by atoms with Gasteiger partial charge in [0, 0.05) is 10.0 Å². The fourth-order valence-corrected chi connectivity index (χ4v) is 1.23. The maximum atomic E-state index is 5.65. The Labute approximate surface area is 85.7 Å². The van der Waals surface area contributed by atoms with Crippen LogP contribution >= 0.6 is 15.9 Å². The molecule has 4 heteroatoms. The Balaban J connectivity index is 2.82. The van der Waals surface area contributed by atoms with Crippen LogP contribution in [0.3, 0.4) is 0 Å². The van der Waals surface area contributed by atoms with Crippen molar-refractivity contribution in [2.24, 2.45) is 10.9 Å². The highest BCUT2D eigenvalue weighted by Gasteiger charge is 1.98. The third-order valence-corrected chi connectivity index (χ3v) is 1.91. The number of amidine groups is 1. The van der Waals surface area contributed by atoms with Crippen molar-refractivity contribution in [1.82, 2.24) is 0 Å². The molecule has 13 heavy (non-hydrogen) atoms. The summed E-state index contributed by atoms with van der Waals surface area (Å²) in [6.45, 7) is 2.38. The maximum Gasteiger partial charge on any atom is 0.170 e. The first-order valence-corrected chi connectivity index (χ1v) is 4.74. The van der Waals surface area contributed by atoms with Crippen molar-refractivity contribution in [2.45, 2.75) is 6.92 Å². The molecule has 0 saturated heterocycles. The van der Waals surface area contributed by atoms with Gasteiger partial charge in [-0.25, -0.2) is 0 Å². The van der Waals surface area contributed by atoms with Gasteiger partial charge in [0.25, 0.3) is 0 Å². The van der Waals surface area contributed by atoms with Crippen LogP contribution in [0.2, 0.25) is 0 Å². The van der Waals surface area contributed by atoms with Gasteiger partial charge in [-0.3, -0.25) is 0 Å². The number of hydrogen-bond donors (Lipinski definition) is 1. The van der Waals surface area contributed by atoms with E-state index in [0.29, 0.717) is 12.4 Å². The lowest BCUT2D eigenvalue weighted by atomic mass is 10.2. The molecule has 1 aromatic rings. The quantitative estimate of drug-likeness (QED) is 0.502. The van der Waals surface area contributed by atoms with Crippen LogP contribution in [0.15, 0.2) is 33.9 Å². The zero-order valence-electron chi connectivity index (χ0n) is 7.33. The molecule has 0 aliphatic rings. The summed E-state index contributed by atoms with van der Waals surface area (Å²) in [6.07, 6.45) is 0. The molecule has 1 rings (SSSR count). The average molecular weight is 243 g/mol. The zero-order chi connectivity index (χ0) is 9.68. The van der Waals surface area contributed by atoms with E-state index >= 15 is 0 Å². The van der Waals surface area contributed by atoms with Crippen molar-refractivity contribution >= 4 is 21.8 Å². The van der Waals surface area contributed by atoms with Crippen molar-refractivity contribution < 1.29 is 4.84 Å². The molecule has 70 valence electrons. The third kappa shape index (κ3) is 3.06. The lowest BCUT2D eigenvalue weighted by molar-refractivity contribution is 0.158. The van der Waals surface area contributed by atoms with Crippen LogP contribution in [0.4, 0.5) is 0 Å². The number of rotatable bonds is 3. The SMILES string of the molecule is CCO/N=C(\N)c1cccc(Br)c1. The third-order valence-electron chi connectivity index (χ3n) is 1.41. The highest BCUT2D eigenvalue weighted by Crippen LogP contribution is 2.11. The minimum atomic E-state index is 0.392. The normalized spacial score (nSPS) is 11.4. The summed E-state index contributed by atoms with van der Waals surface area (Å²) >= 11 is 3.35. The van der Waals surface area contributed by atoms with Crippen LogP contribution in [-0.2, 0) is 4.84 Å². The number of halogens is 1. The topological polar surface area (TPSA) is 47.6 Å². The van der Waals surface area contributed by atoms with Crippen LogP contribution in [-0.4, -0.2) is 12.4 Å². The van der Waals surface area contributed by atoms with Gasteiger partial charge < -0.3 is 10.6 Å². The highest BCUT2D eigenvalue weighted by atomic mass is 79.9. The molecular weight excluding hydrogens is 232 g/mol. The molecule has 0 aromatic heterocycles. The van der Waals surface area contributed by atoms with E-state index in [9.17, 15) is 0 Å². The number of benzene rings is 1. The summed E-state index contributed by atoms with van der Waals surface area (Å²) in [7, 11) is 0. The molecule has 0 radical (unpaired) electrons. The van der Waals surface area contributed by atoms with Gasteiger partial charge in [0.05, 0.1) is 0 Å². The summed E-state index contributed by atoms with van der Waals surface area (Å²) in [6, 6.07) is 7.59. The van der Waals surface area contributed by atoms with Crippen molar-refractivity contribution in [3.63, 3.8) is 0 Å². The molecule has 0 bridgehead atoms. The van der Waals surface area contributed by atoms with Gasteiger partial charge in [-0.1, -0.05) is 33.2 Å². The molecule has 0 unspecified atom stereocenters. The predicted molar refractivity (Wildman–Crippen MR) is 56.5 cm³/mol. The lowest BCUT2D eigenvalue weighted by Crippen LogP contribution is -2.13. The van der Waals surface area contributed by atoms with Crippen LogP contribution < -0.4 is 5.73 Å². The Hall–Kier alpha value is -1.03.